The van der Waals surface area contributed by atoms with Gasteiger partial charge >= 0.3 is 12.3 Å². The number of halogens is 3. The van der Waals surface area contributed by atoms with E-state index in [0.29, 0.717) is 12.1 Å². The highest BCUT2D eigenvalue weighted by atomic mass is 19.4. The van der Waals surface area contributed by atoms with Crippen LogP contribution in [-0.2, 0) is 10.9 Å². The maximum Gasteiger partial charge on any atom is 0.416 e. The zero-order valence-electron chi connectivity index (χ0n) is 14.0. The summed E-state index contributed by atoms with van der Waals surface area (Å²) >= 11 is 0. The maximum atomic E-state index is 12.7. The number of carbonyl (C=O) groups is 1. The SMILES string of the molecule is CC(C)(C)OC(=O)NC(c1ccc(C(F)(F)F)cc1)C1CCNC1. The zero-order valence-corrected chi connectivity index (χ0v) is 14.0. The van der Waals surface area contributed by atoms with Crippen LogP contribution >= 0.6 is 0 Å². The second-order valence-corrected chi connectivity index (χ2v) is 7.00. The van der Waals surface area contributed by atoms with Crippen LogP contribution in [0.4, 0.5) is 18.0 Å². The van der Waals surface area contributed by atoms with Crippen molar-refractivity contribution < 1.29 is 22.7 Å². The molecule has 0 spiro atoms. The van der Waals surface area contributed by atoms with Gasteiger partial charge in [0.15, 0.2) is 0 Å². The number of alkyl carbamates (subject to hydrolysis) is 1. The third kappa shape index (κ3) is 5.12. The molecule has 1 aromatic rings. The van der Waals surface area contributed by atoms with Crippen LogP contribution in [0.25, 0.3) is 0 Å². The number of ether oxygens (including phenoxy) is 1. The molecule has 1 amide bonds. The average molecular weight is 344 g/mol. The summed E-state index contributed by atoms with van der Waals surface area (Å²) in [6, 6.07) is 4.53. The van der Waals surface area contributed by atoms with E-state index in [1.807, 2.05) is 0 Å². The molecule has 0 aromatic heterocycles. The van der Waals surface area contributed by atoms with E-state index in [1.54, 1.807) is 20.8 Å². The second-order valence-electron chi connectivity index (χ2n) is 7.00. The molecule has 1 aliphatic rings. The van der Waals surface area contributed by atoms with Gasteiger partial charge in [-0.1, -0.05) is 12.1 Å². The van der Waals surface area contributed by atoms with Crippen LogP contribution in [0.1, 0.15) is 44.4 Å². The molecule has 2 N–H and O–H groups in total. The second kappa shape index (κ2) is 7.01. The average Bonchev–Trinajstić information content (AvgIpc) is 2.96. The molecular formula is C17H23F3N2O2. The van der Waals surface area contributed by atoms with Crippen LogP contribution in [-0.4, -0.2) is 24.8 Å². The lowest BCUT2D eigenvalue weighted by Gasteiger charge is -2.27. The highest BCUT2D eigenvalue weighted by Gasteiger charge is 2.32. The first-order valence-electron chi connectivity index (χ1n) is 7.93. The van der Waals surface area contributed by atoms with Crippen molar-refractivity contribution in [3.63, 3.8) is 0 Å². The summed E-state index contributed by atoms with van der Waals surface area (Å²) in [6.45, 7) is 6.80. The normalized spacial score (nSPS) is 19.8. The molecule has 0 bridgehead atoms. The number of benzene rings is 1. The van der Waals surface area contributed by atoms with Crippen molar-refractivity contribution in [3.8, 4) is 0 Å². The lowest BCUT2D eigenvalue weighted by atomic mass is 9.91. The van der Waals surface area contributed by atoms with Crippen molar-refractivity contribution in [3.05, 3.63) is 35.4 Å². The fourth-order valence-corrected chi connectivity index (χ4v) is 2.75. The Morgan fingerprint density at radius 1 is 1.25 bits per heavy atom. The van der Waals surface area contributed by atoms with Gasteiger partial charge in [0.2, 0.25) is 0 Å². The molecule has 1 aliphatic heterocycles. The first kappa shape index (κ1) is 18.6. The lowest BCUT2D eigenvalue weighted by molar-refractivity contribution is -0.137. The minimum atomic E-state index is -4.37. The van der Waals surface area contributed by atoms with E-state index in [-0.39, 0.29) is 5.92 Å². The number of hydrogen-bond donors (Lipinski definition) is 2. The number of rotatable bonds is 3. The predicted octanol–water partition coefficient (Wildman–Crippen LogP) is 3.88. The monoisotopic (exact) mass is 344 g/mol. The third-order valence-corrected chi connectivity index (χ3v) is 3.84. The Labute approximate surface area is 139 Å². The zero-order chi connectivity index (χ0) is 18.0. The molecule has 1 saturated heterocycles. The largest absolute Gasteiger partial charge is 0.444 e. The number of carbonyl (C=O) groups excluding carboxylic acids is 1. The van der Waals surface area contributed by atoms with Gasteiger partial charge in [-0.25, -0.2) is 4.79 Å². The summed E-state index contributed by atoms with van der Waals surface area (Å²) in [7, 11) is 0. The van der Waals surface area contributed by atoms with Gasteiger partial charge in [0.1, 0.15) is 5.60 Å². The molecule has 24 heavy (non-hydrogen) atoms. The molecule has 0 aliphatic carbocycles. The predicted molar refractivity (Wildman–Crippen MR) is 84.5 cm³/mol. The molecule has 0 radical (unpaired) electrons. The Balaban J connectivity index is 2.18. The Morgan fingerprint density at radius 3 is 2.33 bits per heavy atom. The van der Waals surface area contributed by atoms with E-state index >= 15 is 0 Å². The van der Waals surface area contributed by atoms with Gasteiger partial charge in [0.05, 0.1) is 11.6 Å². The van der Waals surface area contributed by atoms with Crippen molar-refractivity contribution >= 4 is 6.09 Å². The molecule has 0 saturated carbocycles. The van der Waals surface area contributed by atoms with E-state index in [0.717, 1.165) is 25.1 Å². The van der Waals surface area contributed by atoms with Gasteiger partial charge in [-0.2, -0.15) is 13.2 Å². The third-order valence-electron chi connectivity index (χ3n) is 3.84. The van der Waals surface area contributed by atoms with Gasteiger partial charge in [-0.15, -0.1) is 0 Å². The van der Waals surface area contributed by atoms with Gasteiger partial charge in [0.25, 0.3) is 0 Å². The molecule has 2 atom stereocenters. The molecule has 4 nitrogen and oxygen atoms in total. The van der Waals surface area contributed by atoms with Crippen LogP contribution in [0, 0.1) is 5.92 Å². The number of amides is 1. The lowest BCUT2D eigenvalue weighted by Crippen LogP contribution is -2.38. The van der Waals surface area contributed by atoms with Crippen LogP contribution in [0.2, 0.25) is 0 Å². The van der Waals surface area contributed by atoms with Gasteiger partial charge < -0.3 is 15.4 Å². The van der Waals surface area contributed by atoms with E-state index in [9.17, 15) is 18.0 Å². The van der Waals surface area contributed by atoms with Crippen LogP contribution < -0.4 is 10.6 Å². The van der Waals surface area contributed by atoms with E-state index in [2.05, 4.69) is 10.6 Å². The smallest absolute Gasteiger partial charge is 0.416 e. The quantitative estimate of drug-likeness (QED) is 0.875. The summed E-state index contributed by atoms with van der Waals surface area (Å²) in [6.07, 6.45) is -4.11. The first-order valence-corrected chi connectivity index (χ1v) is 7.93. The number of nitrogens with one attached hydrogen (secondary N) is 2. The van der Waals surface area contributed by atoms with E-state index in [4.69, 9.17) is 4.74 Å². The van der Waals surface area contributed by atoms with Gasteiger partial charge in [0, 0.05) is 6.54 Å². The Morgan fingerprint density at radius 2 is 1.88 bits per heavy atom. The highest BCUT2D eigenvalue weighted by molar-refractivity contribution is 5.68. The first-order chi connectivity index (χ1) is 11.1. The summed E-state index contributed by atoms with van der Waals surface area (Å²) in [5.41, 5.74) is -0.697. The van der Waals surface area contributed by atoms with E-state index < -0.39 is 29.5 Å². The van der Waals surface area contributed by atoms with Crippen molar-refractivity contribution in [1.29, 1.82) is 0 Å². The summed E-state index contributed by atoms with van der Waals surface area (Å²) < 4.78 is 43.4. The van der Waals surface area contributed by atoms with Crippen molar-refractivity contribution in [2.24, 2.45) is 5.92 Å². The molecule has 1 fully saturated rings. The van der Waals surface area contributed by atoms with Crippen molar-refractivity contribution in [2.75, 3.05) is 13.1 Å². The summed E-state index contributed by atoms with van der Waals surface area (Å²) in [4.78, 5) is 12.1. The number of hydrogen-bond acceptors (Lipinski definition) is 3. The Kier molecular flexibility index (Phi) is 5.42. The van der Waals surface area contributed by atoms with Crippen LogP contribution in [0.15, 0.2) is 24.3 Å². The molecule has 2 rings (SSSR count). The van der Waals surface area contributed by atoms with Crippen molar-refractivity contribution in [2.45, 2.75) is 45.0 Å². The summed E-state index contributed by atoms with van der Waals surface area (Å²) in [5.74, 6) is 0.106. The van der Waals surface area contributed by atoms with Gasteiger partial charge in [-0.3, -0.25) is 0 Å². The molecule has 134 valence electrons. The number of alkyl halides is 3. The van der Waals surface area contributed by atoms with Crippen LogP contribution in [0.5, 0.6) is 0 Å². The molecule has 1 aromatic carbocycles. The van der Waals surface area contributed by atoms with Crippen LogP contribution in [0.3, 0.4) is 0 Å². The summed E-state index contributed by atoms with van der Waals surface area (Å²) in [5, 5.41) is 6.02. The fraction of sp³-hybridized carbons (Fsp3) is 0.588. The minimum Gasteiger partial charge on any atom is -0.444 e. The van der Waals surface area contributed by atoms with Crippen molar-refractivity contribution in [1.82, 2.24) is 10.6 Å². The molecule has 2 unspecified atom stereocenters. The fourth-order valence-electron chi connectivity index (χ4n) is 2.75. The highest BCUT2D eigenvalue weighted by Crippen LogP contribution is 2.32. The minimum absolute atomic E-state index is 0.106. The Bertz CT molecular complexity index is 559. The van der Waals surface area contributed by atoms with E-state index in [1.165, 1.54) is 12.1 Å². The molecule has 7 heteroatoms. The van der Waals surface area contributed by atoms with Gasteiger partial charge in [-0.05, 0) is 57.4 Å². The maximum absolute atomic E-state index is 12.7. The topological polar surface area (TPSA) is 50.4 Å². The molecular weight excluding hydrogens is 321 g/mol. The Hall–Kier alpha value is -1.76. The standard InChI is InChI=1S/C17H23F3N2O2/c1-16(2,3)24-15(23)22-14(12-8-9-21-10-12)11-4-6-13(7-5-11)17(18,19)20/h4-7,12,14,21H,8-10H2,1-3H3,(H,22,23). The molecule has 1 heterocycles.